The molecule has 0 spiro atoms. The Balaban J connectivity index is 2.90. The van der Waals surface area contributed by atoms with E-state index in [2.05, 4.69) is 5.32 Å². The summed E-state index contributed by atoms with van der Waals surface area (Å²) in [6.45, 7) is 6.50. The molecule has 1 aromatic carbocycles. The van der Waals surface area contributed by atoms with Crippen molar-refractivity contribution in [1.29, 1.82) is 0 Å². The summed E-state index contributed by atoms with van der Waals surface area (Å²) in [7, 11) is -3.41. The average molecular weight is 340 g/mol. The van der Waals surface area contributed by atoms with E-state index >= 15 is 0 Å². The third kappa shape index (κ3) is 5.86. The number of benzene rings is 1. The van der Waals surface area contributed by atoms with E-state index in [1.54, 1.807) is 0 Å². The number of rotatable bonds is 9. The number of sulfonamides is 1. The van der Waals surface area contributed by atoms with E-state index < -0.39 is 10.0 Å². The first-order valence-electron chi connectivity index (χ1n) is 8.14. The van der Waals surface area contributed by atoms with E-state index in [-0.39, 0.29) is 12.5 Å². The summed E-state index contributed by atoms with van der Waals surface area (Å²) >= 11 is 0. The molecule has 5 nitrogen and oxygen atoms in total. The van der Waals surface area contributed by atoms with Gasteiger partial charge in [0.15, 0.2) is 0 Å². The van der Waals surface area contributed by atoms with Crippen LogP contribution in [0.25, 0.3) is 0 Å². The smallest absolute Gasteiger partial charge is 0.232 e. The number of hydrogen-bond acceptors (Lipinski definition) is 3. The topological polar surface area (TPSA) is 66.5 Å². The van der Waals surface area contributed by atoms with Crippen LogP contribution in [0.1, 0.15) is 44.2 Å². The number of para-hydroxylation sites is 1. The average Bonchev–Trinajstić information content (AvgIpc) is 2.48. The number of hydrogen-bond donors (Lipinski definition) is 1. The van der Waals surface area contributed by atoms with Crippen molar-refractivity contribution >= 4 is 21.6 Å². The van der Waals surface area contributed by atoms with Gasteiger partial charge in [-0.1, -0.05) is 38.5 Å². The predicted molar refractivity (Wildman–Crippen MR) is 95.3 cm³/mol. The second kappa shape index (κ2) is 8.91. The number of nitrogens with zero attached hydrogens (tertiary/aromatic N) is 1. The number of carbonyl (C=O) groups excluding carboxylic acids is 1. The van der Waals surface area contributed by atoms with Crippen LogP contribution in [0.5, 0.6) is 0 Å². The number of anilines is 1. The number of carbonyl (C=O) groups is 1. The third-order valence-corrected chi connectivity index (χ3v) is 4.91. The van der Waals surface area contributed by atoms with Gasteiger partial charge in [-0.05, 0) is 30.9 Å². The zero-order valence-corrected chi connectivity index (χ0v) is 15.4. The molecule has 0 saturated carbocycles. The highest BCUT2D eigenvalue weighted by molar-refractivity contribution is 7.92. The summed E-state index contributed by atoms with van der Waals surface area (Å²) in [5, 5.41) is 2.80. The maximum absolute atomic E-state index is 12.2. The molecule has 23 heavy (non-hydrogen) atoms. The minimum absolute atomic E-state index is 0.0270. The molecule has 0 heterocycles. The second-order valence-electron chi connectivity index (χ2n) is 5.72. The van der Waals surface area contributed by atoms with Gasteiger partial charge in [0, 0.05) is 13.0 Å². The Labute approximate surface area is 140 Å². The Morgan fingerprint density at radius 2 is 1.96 bits per heavy atom. The largest absolute Gasteiger partial charge is 0.354 e. The van der Waals surface area contributed by atoms with Crippen molar-refractivity contribution in [2.45, 2.75) is 46.5 Å². The highest BCUT2D eigenvalue weighted by Gasteiger charge is 2.21. The first kappa shape index (κ1) is 19.5. The Kier molecular flexibility index (Phi) is 7.55. The van der Waals surface area contributed by atoms with E-state index in [1.165, 1.54) is 10.6 Å². The maximum Gasteiger partial charge on any atom is 0.232 e. The number of amides is 1. The molecule has 0 atom stereocenters. The molecule has 1 rings (SSSR count). The van der Waals surface area contributed by atoms with E-state index in [9.17, 15) is 13.2 Å². The zero-order chi connectivity index (χ0) is 17.5. The molecule has 0 fully saturated rings. The fourth-order valence-electron chi connectivity index (χ4n) is 2.53. The van der Waals surface area contributed by atoms with Crippen LogP contribution in [0, 0.1) is 6.92 Å². The van der Waals surface area contributed by atoms with Gasteiger partial charge in [-0.2, -0.15) is 0 Å². The number of nitrogens with one attached hydrogen (secondary N) is 1. The quantitative estimate of drug-likeness (QED) is 0.751. The van der Waals surface area contributed by atoms with Gasteiger partial charge in [0.1, 0.15) is 0 Å². The van der Waals surface area contributed by atoms with Crippen molar-refractivity contribution in [3.63, 3.8) is 0 Å². The van der Waals surface area contributed by atoms with Crippen LogP contribution in [0.3, 0.4) is 0 Å². The second-order valence-corrected chi connectivity index (χ2v) is 7.63. The molecule has 0 aromatic heterocycles. The highest BCUT2D eigenvalue weighted by atomic mass is 32.2. The van der Waals surface area contributed by atoms with Crippen LogP contribution in [-0.2, 0) is 21.2 Å². The Bertz CT molecular complexity index is 627. The summed E-state index contributed by atoms with van der Waals surface area (Å²) in [6, 6.07) is 5.79. The van der Waals surface area contributed by atoms with Crippen molar-refractivity contribution in [2.75, 3.05) is 23.7 Å². The van der Waals surface area contributed by atoms with Gasteiger partial charge in [0.05, 0.1) is 18.5 Å². The van der Waals surface area contributed by atoms with Crippen LogP contribution in [-0.4, -0.2) is 33.7 Å². The molecule has 130 valence electrons. The van der Waals surface area contributed by atoms with E-state index in [4.69, 9.17) is 0 Å². The lowest BCUT2D eigenvalue weighted by Crippen LogP contribution is -2.39. The maximum atomic E-state index is 12.2. The van der Waals surface area contributed by atoms with Crippen molar-refractivity contribution in [3.05, 3.63) is 29.3 Å². The highest BCUT2D eigenvalue weighted by Crippen LogP contribution is 2.27. The van der Waals surface area contributed by atoms with Crippen molar-refractivity contribution in [1.82, 2.24) is 5.32 Å². The van der Waals surface area contributed by atoms with E-state index in [0.29, 0.717) is 13.0 Å². The van der Waals surface area contributed by atoms with Crippen LogP contribution in [0.15, 0.2) is 18.2 Å². The Morgan fingerprint density at radius 1 is 1.26 bits per heavy atom. The van der Waals surface area contributed by atoms with Gasteiger partial charge < -0.3 is 5.32 Å². The van der Waals surface area contributed by atoms with Crippen molar-refractivity contribution in [3.8, 4) is 0 Å². The normalized spacial score (nSPS) is 11.3. The molecule has 0 aliphatic carbocycles. The molecule has 0 aliphatic rings. The molecule has 6 heteroatoms. The first-order chi connectivity index (χ1) is 10.8. The zero-order valence-electron chi connectivity index (χ0n) is 14.6. The lowest BCUT2D eigenvalue weighted by molar-refractivity contribution is -0.121. The van der Waals surface area contributed by atoms with Gasteiger partial charge in [-0.25, -0.2) is 8.42 Å². The predicted octanol–water partition coefficient (Wildman–Crippen LogP) is 2.63. The van der Waals surface area contributed by atoms with Gasteiger partial charge in [0.2, 0.25) is 15.9 Å². The van der Waals surface area contributed by atoms with Crippen LogP contribution < -0.4 is 9.62 Å². The van der Waals surface area contributed by atoms with Crippen LogP contribution in [0.4, 0.5) is 5.69 Å². The minimum atomic E-state index is -3.41. The fourth-order valence-corrected chi connectivity index (χ4v) is 3.54. The molecular weight excluding hydrogens is 312 g/mol. The van der Waals surface area contributed by atoms with Gasteiger partial charge in [0.25, 0.3) is 0 Å². The summed E-state index contributed by atoms with van der Waals surface area (Å²) in [4.78, 5) is 11.7. The number of unbranched alkanes of at least 4 members (excludes halogenated alkanes) is 1. The molecular formula is C17H28N2O3S. The van der Waals surface area contributed by atoms with E-state index in [1.807, 2.05) is 39.0 Å². The Hall–Kier alpha value is -1.56. The van der Waals surface area contributed by atoms with Gasteiger partial charge in [-0.15, -0.1) is 0 Å². The van der Waals surface area contributed by atoms with Crippen molar-refractivity contribution < 1.29 is 13.2 Å². The van der Waals surface area contributed by atoms with Crippen molar-refractivity contribution in [2.24, 2.45) is 0 Å². The molecule has 1 N–H and O–H groups in total. The lowest BCUT2D eigenvalue weighted by atomic mass is 10.1. The Morgan fingerprint density at radius 3 is 2.52 bits per heavy atom. The fraction of sp³-hybridized carbons (Fsp3) is 0.588. The first-order valence-corrected chi connectivity index (χ1v) is 9.99. The SMILES string of the molecule is CCCCC(=O)NCCN(c1c(C)cccc1CC)S(C)(=O)=O. The molecule has 0 saturated heterocycles. The molecule has 0 aliphatic heterocycles. The standard InChI is InChI=1S/C17H28N2O3S/c1-5-7-11-16(20)18-12-13-19(23(4,21)22)17-14(3)9-8-10-15(17)6-2/h8-10H,5-7,11-13H2,1-4H3,(H,18,20). The van der Waals surface area contributed by atoms with Gasteiger partial charge in [-0.3, -0.25) is 9.10 Å². The summed E-state index contributed by atoms with van der Waals surface area (Å²) < 4.78 is 25.8. The molecule has 1 amide bonds. The molecule has 0 bridgehead atoms. The number of aryl methyl sites for hydroxylation is 2. The third-order valence-electron chi connectivity index (χ3n) is 3.75. The summed E-state index contributed by atoms with van der Waals surface area (Å²) in [5.74, 6) is -0.0270. The summed E-state index contributed by atoms with van der Waals surface area (Å²) in [5.41, 5.74) is 2.65. The molecule has 1 aromatic rings. The monoisotopic (exact) mass is 340 g/mol. The summed E-state index contributed by atoms with van der Waals surface area (Å²) in [6.07, 6.45) is 4.26. The lowest BCUT2D eigenvalue weighted by Gasteiger charge is -2.26. The van der Waals surface area contributed by atoms with E-state index in [0.717, 1.165) is 36.1 Å². The molecule has 0 radical (unpaired) electrons. The van der Waals surface area contributed by atoms with Crippen LogP contribution in [0.2, 0.25) is 0 Å². The minimum Gasteiger partial charge on any atom is -0.354 e. The van der Waals surface area contributed by atoms with Crippen LogP contribution >= 0.6 is 0 Å². The van der Waals surface area contributed by atoms with Gasteiger partial charge >= 0.3 is 0 Å². The molecule has 0 unspecified atom stereocenters.